The van der Waals surface area contributed by atoms with Crippen LogP contribution in [0, 0.1) is 17.1 Å². The Balaban J connectivity index is 1.13. The van der Waals surface area contributed by atoms with Crippen LogP contribution in [0.15, 0.2) is 48.7 Å². The topological polar surface area (TPSA) is 98.6 Å². The van der Waals surface area contributed by atoms with Crippen molar-refractivity contribution in [3.05, 3.63) is 60.0 Å². The number of halogens is 2. The number of hydrogen-bond donors (Lipinski definition) is 2. The normalized spacial score (nSPS) is 21.9. The summed E-state index contributed by atoms with van der Waals surface area (Å²) in [5.74, 6) is -0.116. The maximum absolute atomic E-state index is 14.8. The highest BCUT2D eigenvalue weighted by atomic mass is 19.1. The zero-order valence-electron chi connectivity index (χ0n) is 22.0. The molecule has 208 valence electrons. The SMILES string of the molecule is N#Cc1cc(-c2nc(Nc3ccc(N4CCN(C5COC5)CC4)cc3)ncc2F)ccc1OC1CCNCC1F. The van der Waals surface area contributed by atoms with Crippen LogP contribution in [0.1, 0.15) is 12.0 Å². The molecule has 6 rings (SSSR count). The number of anilines is 3. The summed E-state index contributed by atoms with van der Waals surface area (Å²) < 4.78 is 40.1. The first-order chi connectivity index (χ1) is 19.6. The third-order valence-electron chi connectivity index (χ3n) is 7.68. The number of benzene rings is 2. The van der Waals surface area contributed by atoms with E-state index in [1.807, 2.05) is 12.1 Å². The van der Waals surface area contributed by atoms with E-state index in [2.05, 4.69) is 48.6 Å². The second-order valence-corrected chi connectivity index (χ2v) is 10.3. The molecule has 0 amide bonds. The number of aromatic nitrogens is 2. The standard InChI is InChI=1S/C29H31F2N7O2/c30-24-15-33-8-7-27(24)40-26-6-1-19(13-20(26)14-32)28-25(31)16-34-29(36-28)35-21-2-4-22(5-3-21)37-9-11-38(12-10-37)23-17-39-18-23/h1-6,13,16,23-24,27,33H,7-12,15,17-18H2,(H,34,35,36). The fourth-order valence-corrected chi connectivity index (χ4v) is 5.25. The summed E-state index contributed by atoms with van der Waals surface area (Å²) in [6.45, 7) is 6.51. The molecule has 0 saturated carbocycles. The van der Waals surface area contributed by atoms with Crippen LogP contribution in [0.25, 0.3) is 11.3 Å². The van der Waals surface area contributed by atoms with Crippen molar-refractivity contribution in [3.8, 4) is 23.1 Å². The fraction of sp³-hybridized carbons (Fsp3) is 0.414. The molecule has 0 spiro atoms. The molecule has 3 aliphatic rings. The number of piperidine rings is 1. The van der Waals surface area contributed by atoms with Crippen molar-refractivity contribution in [3.63, 3.8) is 0 Å². The number of nitrogens with zero attached hydrogens (tertiary/aromatic N) is 5. The van der Waals surface area contributed by atoms with E-state index in [9.17, 15) is 14.0 Å². The minimum atomic E-state index is -1.17. The van der Waals surface area contributed by atoms with E-state index in [4.69, 9.17) is 9.47 Å². The molecule has 0 radical (unpaired) electrons. The Labute approximate surface area is 231 Å². The van der Waals surface area contributed by atoms with E-state index >= 15 is 0 Å². The quantitative estimate of drug-likeness (QED) is 0.461. The first-order valence-corrected chi connectivity index (χ1v) is 13.6. The molecule has 2 atom stereocenters. The molecule has 0 bridgehead atoms. The van der Waals surface area contributed by atoms with Crippen LogP contribution in [-0.4, -0.2) is 85.7 Å². The predicted molar refractivity (Wildman–Crippen MR) is 147 cm³/mol. The number of alkyl halides is 1. The van der Waals surface area contributed by atoms with Gasteiger partial charge in [-0.05, 0) is 55.4 Å². The van der Waals surface area contributed by atoms with Crippen LogP contribution in [0.3, 0.4) is 0 Å². The monoisotopic (exact) mass is 547 g/mol. The van der Waals surface area contributed by atoms with E-state index in [1.165, 1.54) is 6.07 Å². The van der Waals surface area contributed by atoms with E-state index in [-0.39, 0.29) is 29.5 Å². The summed E-state index contributed by atoms with van der Waals surface area (Å²) in [7, 11) is 0. The summed E-state index contributed by atoms with van der Waals surface area (Å²) in [6, 6.07) is 15.3. The molecule has 3 aromatic rings. The number of nitriles is 1. The highest BCUT2D eigenvalue weighted by Gasteiger charge is 2.29. The molecule has 2 aromatic carbocycles. The number of ether oxygens (including phenoxy) is 2. The Bertz CT molecular complexity index is 1370. The van der Waals surface area contributed by atoms with Crippen LogP contribution in [0.4, 0.5) is 26.1 Å². The smallest absolute Gasteiger partial charge is 0.227 e. The summed E-state index contributed by atoms with van der Waals surface area (Å²) in [6.07, 6.45) is -0.203. The minimum Gasteiger partial charge on any atom is -0.486 e. The molecule has 2 unspecified atom stereocenters. The van der Waals surface area contributed by atoms with Gasteiger partial charge < -0.3 is 25.0 Å². The minimum absolute atomic E-state index is 0.0529. The maximum Gasteiger partial charge on any atom is 0.227 e. The average Bonchev–Trinajstić information content (AvgIpc) is 2.95. The van der Waals surface area contributed by atoms with Gasteiger partial charge in [0.15, 0.2) is 5.82 Å². The van der Waals surface area contributed by atoms with Crippen LogP contribution >= 0.6 is 0 Å². The van der Waals surface area contributed by atoms with Crippen LogP contribution < -0.4 is 20.3 Å². The molecule has 3 fully saturated rings. The molecule has 11 heteroatoms. The van der Waals surface area contributed by atoms with E-state index in [1.54, 1.807) is 12.1 Å². The lowest BCUT2D eigenvalue weighted by molar-refractivity contribution is -0.0660. The van der Waals surface area contributed by atoms with Crippen molar-refractivity contribution in [2.75, 3.05) is 62.7 Å². The van der Waals surface area contributed by atoms with Crippen molar-refractivity contribution in [2.45, 2.75) is 24.7 Å². The molecule has 3 aliphatic heterocycles. The molecule has 0 aliphatic carbocycles. The molecule has 4 heterocycles. The van der Waals surface area contributed by atoms with Crippen molar-refractivity contribution in [2.24, 2.45) is 0 Å². The molecular weight excluding hydrogens is 516 g/mol. The molecular formula is C29H31F2N7O2. The lowest BCUT2D eigenvalue weighted by atomic mass is 10.1. The number of rotatable bonds is 7. The van der Waals surface area contributed by atoms with Gasteiger partial charge in [-0.1, -0.05) is 0 Å². The summed E-state index contributed by atoms with van der Waals surface area (Å²) in [5.41, 5.74) is 2.56. The Morgan fingerprint density at radius 3 is 2.60 bits per heavy atom. The van der Waals surface area contributed by atoms with Gasteiger partial charge in [0.1, 0.15) is 29.8 Å². The van der Waals surface area contributed by atoms with Gasteiger partial charge in [0.25, 0.3) is 0 Å². The summed E-state index contributed by atoms with van der Waals surface area (Å²) in [5, 5.41) is 15.8. The first-order valence-electron chi connectivity index (χ1n) is 13.6. The highest BCUT2D eigenvalue weighted by molar-refractivity contribution is 5.67. The molecule has 3 saturated heterocycles. The number of hydrogen-bond acceptors (Lipinski definition) is 9. The van der Waals surface area contributed by atoms with Crippen LogP contribution in [0.5, 0.6) is 5.75 Å². The van der Waals surface area contributed by atoms with Gasteiger partial charge >= 0.3 is 0 Å². The van der Waals surface area contributed by atoms with Crippen LogP contribution in [-0.2, 0) is 4.74 Å². The zero-order chi connectivity index (χ0) is 27.5. The lowest BCUT2D eigenvalue weighted by Gasteiger charge is -2.43. The van der Waals surface area contributed by atoms with Gasteiger partial charge in [-0.25, -0.2) is 18.7 Å². The third kappa shape index (κ3) is 5.70. The fourth-order valence-electron chi connectivity index (χ4n) is 5.25. The van der Waals surface area contributed by atoms with Gasteiger partial charge in [0.2, 0.25) is 5.95 Å². The molecule has 1 aromatic heterocycles. The first kappa shape index (κ1) is 26.4. The summed E-state index contributed by atoms with van der Waals surface area (Å²) in [4.78, 5) is 13.3. The molecule has 9 nitrogen and oxygen atoms in total. The van der Waals surface area contributed by atoms with Crippen molar-refractivity contribution in [1.82, 2.24) is 20.2 Å². The second kappa shape index (κ2) is 11.7. The Morgan fingerprint density at radius 1 is 1.10 bits per heavy atom. The lowest BCUT2D eigenvalue weighted by Crippen LogP contribution is -2.56. The van der Waals surface area contributed by atoms with Gasteiger partial charge in [-0.2, -0.15) is 5.26 Å². The van der Waals surface area contributed by atoms with Gasteiger partial charge in [0, 0.05) is 49.7 Å². The largest absolute Gasteiger partial charge is 0.486 e. The summed E-state index contributed by atoms with van der Waals surface area (Å²) >= 11 is 0. The van der Waals surface area contributed by atoms with E-state index < -0.39 is 18.1 Å². The van der Waals surface area contributed by atoms with E-state index in [0.29, 0.717) is 24.6 Å². The van der Waals surface area contributed by atoms with Gasteiger partial charge in [0.05, 0.1) is 31.0 Å². The number of piperazine rings is 1. The van der Waals surface area contributed by atoms with Crippen molar-refractivity contribution in [1.29, 1.82) is 5.26 Å². The van der Waals surface area contributed by atoms with Crippen LogP contribution in [0.2, 0.25) is 0 Å². The van der Waals surface area contributed by atoms with Gasteiger partial charge in [-0.15, -0.1) is 0 Å². The Kier molecular flexibility index (Phi) is 7.73. The Morgan fingerprint density at radius 2 is 1.90 bits per heavy atom. The predicted octanol–water partition coefficient (Wildman–Crippen LogP) is 3.50. The molecule has 2 N–H and O–H groups in total. The zero-order valence-corrected chi connectivity index (χ0v) is 22.0. The maximum atomic E-state index is 14.8. The van der Waals surface area contributed by atoms with Crippen molar-refractivity contribution < 1.29 is 18.3 Å². The number of nitrogens with one attached hydrogen (secondary N) is 2. The highest BCUT2D eigenvalue weighted by Crippen LogP contribution is 2.30. The van der Waals surface area contributed by atoms with Gasteiger partial charge in [-0.3, -0.25) is 4.90 Å². The molecule has 40 heavy (non-hydrogen) atoms. The second-order valence-electron chi connectivity index (χ2n) is 10.3. The Hall–Kier alpha value is -3.85. The van der Waals surface area contributed by atoms with E-state index in [0.717, 1.165) is 57.0 Å². The van der Waals surface area contributed by atoms with Crippen molar-refractivity contribution >= 4 is 17.3 Å². The average molecular weight is 548 g/mol. The third-order valence-corrected chi connectivity index (χ3v) is 7.68.